The van der Waals surface area contributed by atoms with Gasteiger partial charge in [-0.05, 0) is 30.2 Å². The van der Waals surface area contributed by atoms with Crippen LogP contribution in [0.25, 0.3) is 0 Å². The molecule has 1 aromatic carbocycles. The number of ether oxygens (including phenoxy) is 2. The highest BCUT2D eigenvalue weighted by Crippen LogP contribution is 2.30. The SMILES string of the molecule is COc1cc(C)c(CNC(=O)CC#N)cc1OC. The number of hydrogen-bond donors (Lipinski definition) is 1. The van der Waals surface area contributed by atoms with E-state index in [1.165, 1.54) is 0 Å². The minimum Gasteiger partial charge on any atom is -0.493 e. The van der Waals surface area contributed by atoms with Crippen molar-refractivity contribution >= 4 is 5.91 Å². The predicted molar refractivity (Wildman–Crippen MR) is 66.4 cm³/mol. The van der Waals surface area contributed by atoms with Crippen LogP contribution in [0.15, 0.2) is 12.1 Å². The van der Waals surface area contributed by atoms with Gasteiger partial charge in [-0.15, -0.1) is 0 Å². The van der Waals surface area contributed by atoms with Gasteiger partial charge in [0.1, 0.15) is 6.42 Å². The summed E-state index contributed by atoms with van der Waals surface area (Å²) >= 11 is 0. The molecule has 0 aliphatic carbocycles. The summed E-state index contributed by atoms with van der Waals surface area (Å²) < 4.78 is 10.4. The van der Waals surface area contributed by atoms with Crippen molar-refractivity contribution in [2.45, 2.75) is 19.9 Å². The van der Waals surface area contributed by atoms with Crippen LogP contribution in [0.1, 0.15) is 17.5 Å². The van der Waals surface area contributed by atoms with Crippen molar-refractivity contribution in [2.24, 2.45) is 0 Å². The van der Waals surface area contributed by atoms with Gasteiger partial charge in [0.25, 0.3) is 0 Å². The van der Waals surface area contributed by atoms with Gasteiger partial charge in [-0.2, -0.15) is 5.26 Å². The molecule has 0 atom stereocenters. The van der Waals surface area contributed by atoms with Crippen LogP contribution in [0, 0.1) is 18.3 Å². The first-order valence-corrected chi connectivity index (χ1v) is 5.47. The lowest BCUT2D eigenvalue weighted by molar-refractivity contribution is -0.120. The number of carbonyl (C=O) groups is 1. The smallest absolute Gasteiger partial charge is 0.234 e. The van der Waals surface area contributed by atoms with E-state index in [1.807, 2.05) is 19.1 Å². The lowest BCUT2D eigenvalue weighted by atomic mass is 10.1. The fraction of sp³-hybridized carbons (Fsp3) is 0.385. The second-order valence-corrected chi connectivity index (χ2v) is 3.75. The third kappa shape index (κ3) is 3.39. The van der Waals surface area contributed by atoms with Gasteiger partial charge in [0.15, 0.2) is 11.5 Å². The molecule has 1 amide bonds. The summed E-state index contributed by atoms with van der Waals surface area (Å²) in [5.74, 6) is 0.987. The zero-order valence-corrected chi connectivity index (χ0v) is 10.7. The first-order chi connectivity index (χ1) is 8.62. The summed E-state index contributed by atoms with van der Waals surface area (Å²) in [6, 6.07) is 5.47. The molecule has 0 aliphatic heterocycles. The lowest BCUT2D eigenvalue weighted by Crippen LogP contribution is -2.22. The van der Waals surface area contributed by atoms with Gasteiger partial charge in [-0.3, -0.25) is 4.79 Å². The Labute approximate surface area is 106 Å². The monoisotopic (exact) mass is 248 g/mol. The molecule has 0 saturated heterocycles. The van der Waals surface area contributed by atoms with Gasteiger partial charge in [0.2, 0.25) is 5.91 Å². The molecule has 0 fully saturated rings. The predicted octanol–water partition coefficient (Wildman–Crippen LogP) is 1.54. The summed E-state index contributed by atoms with van der Waals surface area (Å²) in [4.78, 5) is 11.2. The molecule has 0 spiro atoms. The number of carbonyl (C=O) groups excluding carboxylic acids is 1. The molecule has 1 rings (SSSR count). The average Bonchev–Trinajstić information content (AvgIpc) is 2.37. The Morgan fingerprint density at radius 1 is 1.33 bits per heavy atom. The summed E-state index contributed by atoms with van der Waals surface area (Å²) in [5, 5.41) is 11.1. The number of hydrogen-bond acceptors (Lipinski definition) is 4. The minimum absolute atomic E-state index is 0.133. The molecule has 0 bridgehead atoms. The van der Waals surface area contributed by atoms with Gasteiger partial charge in [-0.1, -0.05) is 0 Å². The number of methoxy groups -OCH3 is 2. The highest BCUT2D eigenvalue weighted by molar-refractivity contribution is 5.78. The van der Waals surface area contributed by atoms with E-state index in [0.717, 1.165) is 11.1 Å². The number of aryl methyl sites for hydroxylation is 1. The summed E-state index contributed by atoms with van der Waals surface area (Å²) in [5.41, 5.74) is 1.92. The van der Waals surface area contributed by atoms with Crippen LogP contribution in [0.5, 0.6) is 11.5 Å². The van der Waals surface area contributed by atoms with E-state index in [1.54, 1.807) is 20.3 Å². The zero-order valence-electron chi connectivity index (χ0n) is 10.7. The second kappa shape index (κ2) is 6.50. The molecule has 5 heteroatoms. The first-order valence-electron chi connectivity index (χ1n) is 5.47. The standard InChI is InChI=1S/C13H16N2O3/c1-9-6-11(17-2)12(18-3)7-10(9)8-15-13(16)4-5-14/h6-7H,4,8H2,1-3H3,(H,15,16). The van der Waals surface area contributed by atoms with E-state index in [2.05, 4.69) is 5.32 Å². The van der Waals surface area contributed by atoms with E-state index < -0.39 is 0 Å². The molecule has 0 heterocycles. The molecule has 1 aromatic rings. The van der Waals surface area contributed by atoms with Crippen molar-refractivity contribution in [3.05, 3.63) is 23.3 Å². The number of nitrogens with one attached hydrogen (secondary N) is 1. The summed E-state index contributed by atoms with van der Waals surface area (Å²) in [6.07, 6.45) is -0.133. The number of nitrogens with zero attached hydrogens (tertiary/aromatic N) is 1. The largest absolute Gasteiger partial charge is 0.493 e. The van der Waals surface area contributed by atoms with E-state index in [-0.39, 0.29) is 12.3 Å². The van der Waals surface area contributed by atoms with Crippen molar-refractivity contribution in [3.8, 4) is 17.6 Å². The number of amides is 1. The number of benzene rings is 1. The Balaban J connectivity index is 2.83. The quantitative estimate of drug-likeness (QED) is 0.858. The van der Waals surface area contributed by atoms with Crippen LogP contribution in [0.3, 0.4) is 0 Å². The lowest BCUT2D eigenvalue weighted by Gasteiger charge is -2.13. The molecule has 0 radical (unpaired) electrons. The Hall–Kier alpha value is -2.22. The molecule has 5 nitrogen and oxygen atoms in total. The van der Waals surface area contributed by atoms with Gasteiger partial charge >= 0.3 is 0 Å². The third-order valence-corrected chi connectivity index (χ3v) is 2.56. The van der Waals surface area contributed by atoms with Crippen molar-refractivity contribution in [3.63, 3.8) is 0 Å². The molecule has 0 saturated carbocycles. The average molecular weight is 248 g/mol. The van der Waals surface area contributed by atoms with Crippen LogP contribution in [-0.4, -0.2) is 20.1 Å². The highest BCUT2D eigenvalue weighted by Gasteiger charge is 2.09. The van der Waals surface area contributed by atoms with Crippen molar-refractivity contribution in [1.82, 2.24) is 5.32 Å². The van der Waals surface area contributed by atoms with Crippen LogP contribution < -0.4 is 14.8 Å². The second-order valence-electron chi connectivity index (χ2n) is 3.75. The molecular formula is C13H16N2O3. The Bertz CT molecular complexity index is 478. The third-order valence-electron chi connectivity index (χ3n) is 2.56. The van der Waals surface area contributed by atoms with Gasteiger partial charge < -0.3 is 14.8 Å². The molecule has 0 aliphatic rings. The normalized spacial score (nSPS) is 9.44. The van der Waals surface area contributed by atoms with Gasteiger partial charge in [0, 0.05) is 6.54 Å². The maximum absolute atomic E-state index is 11.2. The van der Waals surface area contributed by atoms with E-state index >= 15 is 0 Å². The first kappa shape index (κ1) is 13.8. The Morgan fingerprint density at radius 3 is 2.50 bits per heavy atom. The minimum atomic E-state index is -0.285. The van der Waals surface area contributed by atoms with Crippen molar-refractivity contribution < 1.29 is 14.3 Å². The van der Waals surface area contributed by atoms with E-state index in [9.17, 15) is 4.79 Å². The van der Waals surface area contributed by atoms with Crippen molar-refractivity contribution in [1.29, 1.82) is 5.26 Å². The Morgan fingerprint density at radius 2 is 1.94 bits per heavy atom. The number of rotatable bonds is 5. The zero-order chi connectivity index (χ0) is 13.5. The molecular weight excluding hydrogens is 232 g/mol. The molecule has 18 heavy (non-hydrogen) atoms. The number of nitriles is 1. The molecule has 0 unspecified atom stereocenters. The van der Waals surface area contributed by atoms with Crippen LogP contribution in [-0.2, 0) is 11.3 Å². The summed E-state index contributed by atoms with van der Waals surface area (Å²) in [6.45, 7) is 2.29. The van der Waals surface area contributed by atoms with Gasteiger partial charge in [-0.25, -0.2) is 0 Å². The fourth-order valence-electron chi connectivity index (χ4n) is 1.54. The van der Waals surface area contributed by atoms with Crippen LogP contribution in [0.4, 0.5) is 0 Å². The maximum atomic E-state index is 11.2. The Kier molecular flexibility index (Phi) is 5.00. The van der Waals surface area contributed by atoms with Crippen LogP contribution >= 0.6 is 0 Å². The molecule has 1 N–H and O–H groups in total. The van der Waals surface area contributed by atoms with E-state index in [4.69, 9.17) is 14.7 Å². The van der Waals surface area contributed by atoms with Crippen LogP contribution in [0.2, 0.25) is 0 Å². The molecule has 0 aromatic heterocycles. The topological polar surface area (TPSA) is 71.3 Å². The van der Waals surface area contributed by atoms with E-state index in [0.29, 0.717) is 18.0 Å². The highest BCUT2D eigenvalue weighted by atomic mass is 16.5. The maximum Gasteiger partial charge on any atom is 0.234 e. The fourth-order valence-corrected chi connectivity index (χ4v) is 1.54. The summed E-state index contributed by atoms with van der Waals surface area (Å²) in [7, 11) is 3.14. The van der Waals surface area contributed by atoms with Crippen molar-refractivity contribution in [2.75, 3.05) is 14.2 Å². The van der Waals surface area contributed by atoms with Gasteiger partial charge in [0.05, 0.1) is 20.3 Å². The molecule has 96 valence electrons.